The molecule has 5 nitrogen and oxygen atoms in total. The van der Waals surface area contributed by atoms with E-state index in [4.69, 9.17) is 19.9 Å². The van der Waals surface area contributed by atoms with Crippen molar-refractivity contribution in [2.45, 2.75) is 6.92 Å². The average Bonchev–Trinajstić information content (AvgIpc) is 2.80. The molecule has 0 bridgehead atoms. The fourth-order valence-electron chi connectivity index (χ4n) is 3.43. The summed E-state index contributed by atoms with van der Waals surface area (Å²) < 4.78 is 0. The monoisotopic (exact) mass is 389 g/mol. The van der Waals surface area contributed by atoms with Crippen molar-refractivity contribution in [3.63, 3.8) is 0 Å². The molecule has 2 heterocycles. The molecule has 0 saturated carbocycles. The van der Waals surface area contributed by atoms with Gasteiger partial charge in [-0.3, -0.25) is 0 Å². The number of rotatable bonds is 4. The topological polar surface area (TPSA) is 63.6 Å². The molecular formula is C25H19N5. The van der Waals surface area contributed by atoms with Crippen molar-refractivity contribution in [3.05, 3.63) is 96.7 Å². The molecule has 0 aliphatic carbocycles. The molecule has 0 aliphatic rings. The van der Waals surface area contributed by atoms with Crippen LogP contribution >= 0.6 is 0 Å². The van der Waals surface area contributed by atoms with Crippen molar-refractivity contribution in [2.24, 2.45) is 0 Å². The first-order valence-corrected chi connectivity index (χ1v) is 9.77. The molecule has 0 atom stereocenters. The highest BCUT2D eigenvalue weighted by Gasteiger charge is 2.16. The van der Waals surface area contributed by atoms with Gasteiger partial charge in [-0.2, -0.15) is 4.98 Å². The predicted octanol–water partition coefficient (Wildman–Crippen LogP) is 5.81. The summed E-state index contributed by atoms with van der Waals surface area (Å²) in [6.45, 7) is 1.98. The number of para-hydroxylation sites is 1. The van der Waals surface area contributed by atoms with Gasteiger partial charge in [0.25, 0.3) is 0 Å². The number of hydrogen-bond donors (Lipinski definition) is 1. The van der Waals surface area contributed by atoms with Crippen LogP contribution in [-0.2, 0) is 0 Å². The highest BCUT2D eigenvalue weighted by atomic mass is 15.1. The Bertz CT molecular complexity index is 1300. The van der Waals surface area contributed by atoms with Crippen LogP contribution in [0, 0.1) is 6.92 Å². The summed E-state index contributed by atoms with van der Waals surface area (Å²) in [7, 11) is 0. The average molecular weight is 389 g/mol. The van der Waals surface area contributed by atoms with Crippen LogP contribution in [0.4, 0.5) is 11.6 Å². The maximum absolute atomic E-state index is 4.83. The lowest BCUT2D eigenvalue weighted by Gasteiger charge is -2.12. The molecule has 0 fully saturated rings. The number of hydrogen-bond acceptors (Lipinski definition) is 5. The third-order valence-electron chi connectivity index (χ3n) is 4.85. The molecule has 30 heavy (non-hydrogen) atoms. The van der Waals surface area contributed by atoms with Crippen LogP contribution in [0.2, 0.25) is 0 Å². The first kappa shape index (κ1) is 17.9. The molecular weight excluding hydrogens is 370 g/mol. The summed E-state index contributed by atoms with van der Waals surface area (Å²) in [5.41, 5.74) is 5.17. The summed E-state index contributed by atoms with van der Waals surface area (Å²) in [5, 5.41) is 4.16. The van der Waals surface area contributed by atoms with Gasteiger partial charge in [-0.1, -0.05) is 78.9 Å². The van der Waals surface area contributed by atoms with E-state index in [1.165, 1.54) is 0 Å². The molecule has 0 aliphatic heterocycles. The fourth-order valence-corrected chi connectivity index (χ4v) is 3.43. The van der Waals surface area contributed by atoms with Gasteiger partial charge in [-0.05, 0) is 19.1 Å². The minimum absolute atomic E-state index is 0.504. The van der Waals surface area contributed by atoms with E-state index >= 15 is 0 Å². The van der Waals surface area contributed by atoms with E-state index in [0.29, 0.717) is 17.4 Å². The van der Waals surface area contributed by atoms with E-state index in [1.807, 2.05) is 97.9 Å². The number of fused-ring (bicyclic) bond motifs is 1. The van der Waals surface area contributed by atoms with Crippen molar-refractivity contribution in [1.29, 1.82) is 0 Å². The van der Waals surface area contributed by atoms with Gasteiger partial charge in [0, 0.05) is 16.8 Å². The van der Waals surface area contributed by atoms with Gasteiger partial charge in [-0.15, -0.1) is 0 Å². The molecule has 5 aromatic rings. The summed E-state index contributed by atoms with van der Waals surface area (Å²) in [6, 6.07) is 29.9. The minimum Gasteiger partial charge on any atom is -0.324 e. The number of anilines is 2. The van der Waals surface area contributed by atoms with Crippen LogP contribution in [0.5, 0.6) is 0 Å². The lowest BCUT2D eigenvalue weighted by atomic mass is 10.1. The predicted molar refractivity (Wildman–Crippen MR) is 120 cm³/mol. The molecule has 5 rings (SSSR count). The second-order valence-corrected chi connectivity index (χ2v) is 6.95. The highest BCUT2D eigenvalue weighted by Crippen LogP contribution is 2.30. The Morgan fingerprint density at radius 3 is 1.87 bits per heavy atom. The van der Waals surface area contributed by atoms with E-state index in [9.17, 15) is 0 Å². The van der Waals surface area contributed by atoms with Crippen molar-refractivity contribution in [3.8, 4) is 22.6 Å². The van der Waals surface area contributed by atoms with Gasteiger partial charge in [0.2, 0.25) is 5.95 Å². The molecule has 0 saturated heterocycles. The lowest BCUT2D eigenvalue weighted by Crippen LogP contribution is -2.04. The van der Waals surface area contributed by atoms with Gasteiger partial charge in [-0.25, -0.2) is 15.0 Å². The van der Waals surface area contributed by atoms with Crippen LogP contribution in [0.1, 0.15) is 5.69 Å². The number of nitrogens with zero attached hydrogens (tertiary/aromatic N) is 4. The second-order valence-electron chi connectivity index (χ2n) is 6.95. The largest absolute Gasteiger partial charge is 0.324 e. The quantitative estimate of drug-likeness (QED) is 0.420. The molecule has 0 spiro atoms. The standard InChI is InChI=1S/C25H19N5/c1-17-21-22(18-11-5-2-6-12-18)28-25(27-20-15-9-4-10-16-20)30-24(21)29-23(26-17)19-13-7-3-8-14-19/h2-16H,1H3,(H,26,27,28,29,30). The van der Waals surface area contributed by atoms with Gasteiger partial charge in [0.15, 0.2) is 11.5 Å². The van der Waals surface area contributed by atoms with E-state index in [0.717, 1.165) is 33.6 Å². The molecule has 5 heteroatoms. The maximum Gasteiger partial charge on any atom is 0.229 e. The van der Waals surface area contributed by atoms with Crippen molar-refractivity contribution >= 4 is 22.7 Å². The number of benzene rings is 3. The smallest absolute Gasteiger partial charge is 0.229 e. The first-order chi connectivity index (χ1) is 14.8. The van der Waals surface area contributed by atoms with Gasteiger partial charge in [0.1, 0.15) is 0 Å². The second kappa shape index (κ2) is 7.72. The van der Waals surface area contributed by atoms with Crippen LogP contribution in [0.25, 0.3) is 33.7 Å². The van der Waals surface area contributed by atoms with E-state index in [1.54, 1.807) is 0 Å². The number of aromatic nitrogens is 4. The minimum atomic E-state index is 0.504. The maximum atomic E-state index is 4.83. The first-order valence-electron chi connectivity index (χ1n) is 9.77. The molecule has 0 radical (unpaired) electrons. The van der Waals surface area contributed by atoms with Crippen molar-refractivity contribution in [2.75, 3.05) is 5.32 Å². The SMILES string of the molecule is Cc1nc(-c2ccccc2)nc2nc(Nc3ccccc3)nc(-c3ccccc3)c12. The van der Waals surface area contributed by atoms with Crippen molar-refractivity contribution < 1.29 is 0 Å². The van der Waals surface area contributed by atoms with E-state index in [-0.39, 0.29) is 0 Å². The molecule has 0 amide bonds. The fraction of sp³-hybridized carbons (Fsp3) is 0.0400. The molecule has 0 unspecified atom stereocenters. The van der Waals surface area contributed by atoms with Crippen LogP contribution in [0.3, 0.4) is 0 Å². The lowest BCUT2D eigenvalue weighted by molar-refractivity contribution is 1.11. The van der Waals surface area contributed by atoms with Crippen LogP contribution < -0.4 is 5.32 Å². The van der Waals surface area contributed by atoms with Gasteiger partial charge < -0.3 is 5.32 Å². The summed E-state index contributed by atoms with van der Waals surface area (Å²) in [6.07, 6.45) is 0. The Morgan fingerprint density at radius 1 is 0.600 bits per heavy atom. The third kappa shape index (κ3) is 3.49. The highest BCUT2D eigenvalue weighted by molar-refractivity contribution is 5.93. The molecule has 3 aromatic carbocycles. The van der Waals surface area contributed by atoms with Crippen LogP contribution in [-0.4, -0.2) is 19.9 Å². The Labute approximate surface area is 174 Å². The molecule has 144 valence electrons. The number of nitrogens with one attached hydrogen (secondary N) is 1. The Balaban J connectivity index is 1.73. The zero-order chi connectivity index (χ0) is 20.3. The molecule has 1 N–H and O–H groups in total. The summed E-state index contributed by atoms with van der Waals surface area (Å²) in [5.74, 6) is 1.16. The molecule has 2 aromatic heterocycles. The Kier molecular flexibility index (Phi) is 4.62. The third-order valence-corrected chi connectivity index (χ3v) is 4.85. The summed E-state index contributed by atoms with van der Waals surface area (Å²) in [4.78, 5) is 19.1. The van der Waals surface area contributed by atoms with Gasteiger partial charge >= 0.3 is 0 Å². The summed E-state index contributed by atoms with van der Waals surface area (Å²) >= 11 is 0. The van der Waals surface area contributed by atoms with Gasteiger partial charge in [0.05, 0.1) is 16.8 Å². The van der Waals surface area contributed by atoms with Crippen molar-refractivity contribution in [1.82, 2.24) is 19.9 Å². The Hall–Kier alpha value is -4.12. The van der Waals surface area contributed by atoms with E-state index < -0.39 is 0 Å². The normalized spacial score (nSPS) is 10.8. The Morgan fingerprint density at radius 2 is 1.20 bits per heavy atom. The number of aryl methyl sites for hydroxylation is 1. The van der Waals surface area contributed by atoms with Crippen LogP contribution in [0.15, 0.2) is 91.0 Å². The van der Waals surface area contributed by atoms with E-state index in [2.05, 4.69) is 5.32 Å². The zero-order valence-electron chi connectivity index (χ0n) is 16.4. The zero-order valence-corrected chi connectivity index (χ0v) is 16.4.